The number of nitrogens with one attached hydrogen (secondary N) is 2. The number of ether oxygens (including phenoxy) is 1. The van der Waals surface area contributed by atoms with E-state index in [9.17, 15) is 18.4 Å². The molecule has 1 heterocycles. The number of benzene rings is 1. The Bertz CT molecular complexity index is 930. The molecule has 1 aliphatic rings. The van der Waals surface area contributed by atoms with Crippen molar-refractivity contribution >= 4 is 29.4 Å². The van der Waals surface area contributed by atoms with Crippen LogP contribution in [-0.2, 0) is 4.79 Å². The van der Waals surface area contributed by atoms with Gasteiger partial charge >= 0.3 is 0 Å². The van der Waals surface area contributed by atoms with Gasteiger partial charge < -0.3 is 10.1 Å². The Morgan fingerprint density at radius 2 is 2.07 bits per heavy atom. The first-order valence-electron chi connectivity index (χ1n) is 9.40. The van der Waals surface area contributed by atoms with Crippen LogP contribution < -0.4 is 15.4 Å². The Labute approximate surface area is 177 Å². The minimum atomic E-state index is -2.61. The van der Waals surface area contributed by atoms with E-state index < -0.39 is 25.0 Å². The number of rotatable bonds is 8. The average molecular weight is 439 g/mol. The number of hydrogen-bond donors (Lipinski definition) is 2. The quantitative estimate of drug-likeness (QED) is 0.651. The van der Waals surface area contributed by atoms with Gasteiger partial charge in [-0.3, -0.25) is 14.9 Å². The molecule has 2 amide bonds. The van der Waals surface area contributed by atoms with Crippen LogP contribution in [0, 0.1) is 12.8 Å². The smallest absolute Gasteiger partial charge is 0.272 e. The molecule has 0 spiro atoms. The molecule has 0 radical (unpaired) electrons. The first-order valence-corrected chi connectivity index (χ1v) is 9.78. The fourth-order valence-corrected chi connectivity index (χ4v) is 3.12. The van der Waals surface area contributed by atoms with Crippen LogP contribution in [-0.4, -0.2) is 34.8 Å². The predicted molar refractivity (Wildman–Crippen MR) is 107 cm³/mol. The predicted octanol–water partition coefficient (Wildman–Crippen LogP) is 3.92. The van der Waals surface area contributed by atoms with Crippen molar-refractivity contribution in [2.24, 2.45) is 5.92 Å². The maximum atomic E-state index is 12.6. The second-order valence-corrected chi connectivity index (χ2v) is 7.48. The number of aromatic nitrogens is 2. The molecule has 30 heavy (non-hydrogen) atoms. The number of carbonyl (C=O) groups is 2. The normalized spacial score (nSPS) is 14.3. The maximum absolute atomic E-state index is 12.6. The molecule has 10 heteroatoms. The Kier molecular flexibility index (Phi) is 6.81. The lowest BCUT2D eigenvalue weighted by molar-refractivity contribution is -0.117. The van der Waals surface area contributed by atoms with Crippen molar-refractivity contribution in [2.75, 3.05) is 11.9 Å². The van der Waals surface area contributed by atoms with E-state index in [-0.39, 0.29) is 34.2 Å². The standard InChI is InChI=1S/C20H21ClF2N4O3/c1-10-7-13(8-14(21)17(10)30-9-16(22)23)11(2)25-19(29)15-5-6-24-20(26-15)27-18(28)12-3-4-12/h5-8,11-12,16H,3-4,9H2,1-2H3,(H,25,29)(H,24,26,27,28). The molecule has 160 valence electrons. The van der Waals surface area contributed by atoms with E-state index in [1.165, 1.54) is 12.3 Å². The lowest BCUT2D eigenvalue weighted by Crippen LogP contribution is -2.28. The van der Waals surface area contributed by atoms with E-state index in [2.05, 4.69) is 20.6 Å². The van der Waals surface area contributed by atoms with Crippen molar-refractivity contribution < 1.29 is 23.1 Å². The maximum Gasteiger partial charge on any atom is 0.272 e. The van der Waals surface area contributed by atoms with Crippen LogP contribution in [0.4, 0.5) is 14.7 Å². The van der Waals surface area contributed by atoms with Crippen LogP contribution in [0.15, 0.2) is 24.4 Å². The molecular formula is C20H21ClF2N4O3. The van der Waals surface area contributed by atoms with E-state index in [0.717, 1.165) is 12.8 Å². The van der Waals surface area contributed by atoms with Crippen molar-refractivity contribution in [1.29, 1.82) is 0 Å². The van der Waals surface area contributed by atoms with Crippen molar-refractivity contribution in [2.45, 2.75) is 39.2 Å². The third-order valence-corrected chi connectivity index (χ3v) is 4.81. The summed E-state index contributed by atoms with van der Waals surface area (Å²) in [5.41, 5.74) is 1.35. The number of anilines is 1. The topological polar surface area (TPSA) is 93.2 Å². The molecule has 1 atom stereocenters. The highest BCUT2D eigenvalue weighted by Gasteiger charge is 2.30. The van der Waals surface area contributed by atoms with Crippen LogP contribution in [0.1, 0.15) is 47.4 Å². The van der Waals surface area contributed by atoms with Crippen LogP contribution in [0.3, 0.4) is 0 Å². The van der Waals surface area contributed by atoms with Gasteiger partial charge in [-0.15, -0.1) is 0 Å². The minimum absolute atomic E-state index is 0.00765. The molecule has 1 saturated carbocycles. The largest absolute Gasteiger partial charge is 0.486 e. The third-order valence-electron chi connectivity index (χ3n) is 4.52. The average Bonchev–Trinajstić information content (AvgIpc) is 3.52. The summed E-state index contributed by atoms with van der Waals surface area (Å²) in [4.78, 5) is 32.5. The Balaban J connectivity index is 1.67. The Morgan fingerprint density at radius 3 is 2.70 bits per heavy atom. The van der Waals surface area contributed by atoms with E-state index in [1.807, 2.05) is 0 Å². The minimum Gasteiger partial charge on any atom is -0.486 e. The molecule has 0 bridgehead atoms. The molecule has 1 aliphatic carbocycles. The highest BCUT2D eigenvalue weighted by Crippen LogP contribution is 2.32. The zero-order chi connectivity index (χ0) is 21.8. The van der Waals surface area contributed by atoms with Gasteiger partial charge in [0.05, 0.1) is 11.1 Å². The summed E-state index contributed by atoms with van der Waals surface area (Å²) in [5, 5.41) is 5.57. The van der Waals surface area contributed by atoms with Crippen molar-refractivity contribution in [3.05, 3.63) is 46.2 Å². The van der Waals surface area contributed by atoms with Crippen molar-refractivity contribution in [3.63, 3.8) is 0 Å². The summed E-state index contributed by atoms with van der Waals surface area (Å²) < 4.78 is 29.8. The molecule has 2 N–H and O–H groups in total. The molecule has 1 aromatic heterocycles. The third kappa shape index (κ3) is 5.63. The van der Waals surface area contributed by atoms with Gasteiger partial charge in [0.15, 0.2) is 0 Å². The SMILES string of the molecule is Cc1cc(C(C)NC(=O)c2ccnc(NC(=O)C3CC3)n2)cc(Cl)c1OCC(F)F. The molecule has 2 aromatic rings. The fourth-order valence-electron chi connectivity index (χ4n) is 2.79. The first kappa shape index (κ1) is 21.9. The number of carbonyl (C=O) groups excluding carboxylic acids is 2. The molecule has 1 aromatic carbocycles. The van der Waals surface area contributed by atoms with Gasteiger partial charge in [0, 0.05) is 12.1 Å². The fraction of sp³-hybridized carbons (Fsp3) is 0.400. The lowest BCUT2D eigenvalue weighted by Gasteiger charge is -2.18. The summed E-state index contributed by atoms with van der Waals surface area (Å²) in [6.07, 6.45) is 0.477. The number of aryl methyl sites for hydroxylation is 1. The van der Waals surface area contributed by atoms with Gasteiger partial charge in [-0.05, 0) is 49.9 Å². The molecule has 0 saturated heterocycles. The van der Waals surface area contributed by atoms with Gasteiger partial charge in [0.25, 0.3) is 12.3 Å². The first-order chi connectivity index (χ1) is 14.2. The number of hydrogen-bond acceptors (Lipinski definition) is 5. The lowest BCUT2D eigenvalue weighted by atomic mass is 10.0. The second-order valence-electron chi connectivity index (χ2n) is 7.08. The van der Waals surface area contributed by atoms with Gasteiger partial charge in [0.2, 0.25) is 11.9 Å². The van der Waals surface area contributed by atoms with Gasteiger partial charge in [-0.1, -0.05) is 17.7 Å². The van der Waals surface area contributed by atoms with E-state index >= 15 is 0 Å². The number of nitrogens with zero attached hydrogens (tertiary/aromatic N) is 2. The van der Waals surface area contributed by atoms with Crippen LogP contribution >= 0.6 is 11.6 Å². The number of alkyl halides is 2. The molecule has 1 fully saturated rings. The summed E-state index contributed by atoms with van der Waals surface area (Å²) in [6, 6.07) is 4.26. The van der Waals surface area contributed by atoms with Crippen molar-refractivity contribution in [3.8, 4) is 5.75 Å². The summed E-state index contributed by atoms with van der Waals surface area (Å²) in [6.45, 7) is 2.68. The van der Waals surface area contributed by atoms with Crippen LogP contribution in [0.25, 0.3) is 0 Å². The van der Waals surface area contributed by atoms with Crippen LogP contribution in [0.2, 0.25) is 5.02 Å². The number of halogens is 3. The molecule has 7 nitrogen and oxygen atoms in total. The summed E-state index contributed by atoms with van der Waals surface area (Å²) >= 11 is 6.17. The van der Waals surface area contributed by atoms with Crippen molar-refractivity contribution in [1.82, 2.24) is 15.3 Å². The monoisotopic (exact) mass is 438 g/mol. The van der Waals surface area contributed by atoms with Gasteiger partial charge in [0.1, 0.15) is 18.1 Å². The number of amides is 2. The highest BCUT2D eigenvalue weighted by atomic mass is 35.5. The molecular weight excluding hydrogens is 418 g/mol. The molecule has 1 unspecified atom stereocenters. The van der Waals surface area contributed by atoms with E-state index in [0.29, 0.717) is 11.1 Å². The molecule has 3 rings (SSSR count). The zero-order valence-electron chi connectivity index (χ0n) is 16.4. The Morgan fingerprint density at radius 1 is 1.33 bits per heavy atom. The van der Waals surface area contributed by atoms with Gasteiger partial charge in [-0.2, -0.15) is 0 Å². The zero-order valence-corrected chi connectivity index (χ0v) is 17.2. The van der Waals surface area contributed by atoms with E-state index in [4.69, 9.17) is 16.3 Å². The van der Waals surface area contributed by atoms with E-state index in [1.54, 1.807) is 26.0 Å². The molecule has 0 aliphatic heterocycles. The Hall–Kier alpha value is -2.81. The summed E-state index contributed by atoms with van der Waals surface area (Å²) in [7, 11) is 0. The second kappa shape index (κ2) is 9.34. The highest BCUT2D eigenvalue weighted by molar-refractivity contribution is 6.32. The van der Waals surface area contributed by atoms with Gasteiger partial charge in [-0.25, -0.2) is 18.7 Å². The summed E-state index contributed by atoms with van der Waals surface area (Å²) in [5.74, 6) is -0.358. The van der Waals surface area contributed by atoms with Crippen LogP contribution in [0.5, 0.6) is 5.75 Å².